The molecule has 24 heavy (non-hydrogen) atoms. The Morgan fingerprint density at radius 2 is 2.00 bits per heavy atom. The number of nitrogens with zero attached hydrogens (tertiary/aromatic N) is 3. The molecule has 0 unspecified atom stereocenters. The Morgan fingerprint density at radius 3 is 2.75 bits per heavy atom. The molecule has 7 heteroatoms. The third-order valence-electron chi connectivity index (χ3n) is 4.72. The first-order valence-corrected chi connectivity index (χ1v) is 8.12. The van der Waals surface area contributed by atoms with Crippen molar-refractivity contribution in [2.24, 2.45) is 0 Å². The molecule has 7 nitrogen and oxygen atoms in total. The lowest BCUT2D eigenvalue weighted by molar-refractivity contribution is -0.132. The topological polar surface area (TPSA) is 79.3 Å². The van der Waals surface area contributed by atoms with E-state index in [1.807, 2.05) is 36.5 Å². The number of carbonyl (C=O) groups excluding carboxylic acids is 2. The number of urea groups is 1. The molecule has 124 valence electrons. The van der Waals surface area contributed by atoms with Gasteiger partial charge in [-0.3, -0.25) is 9.69 Å². The van der Waals surface area contributed by atoms with Crippen LogP contribution in [-0.2, 0) is 11.3 Å². The molecule has 2 aliphatic heterocycles. The minimum absolute atomic E-state index is 0.113. The molecule has 0 radical (unpaired) electrons. The van der Waals surface area contributed by atoms with Gasteiger partial charge in [0.15, 0.2) is 0 Å². The number of amides is 3. The van der Waals surface area contributed by atoms with Gasteiger partial charge >= 0.3 is 6.03 Å². The van der Waals surface area contributed by atoms with Crippen LogP contribution < -0.4 is 10.6 Å². The monoisotopic (exact) mass is 325 g/mol. The summed E-state index contributed by atoms with van der Waals surface area (Å²) in [5, 5.41) is 10.3. The summed E-state index contributed by atoms with van der Waals surface area (Å²) >= 11 is 0. The summed E-state index contributed by atoms with van der Waals surface area (Å²) < 4.78 is 1.75. The standard InChI is InChI=1S/C17H19N5O2/c23-15-17(5-8-18-9-6-17)20-16(24)21(15)12-13-3-1-4-14(11-13)22-10-2-7-19-22/h1-4,7,10-11,18H,5-6,8-9,12H2,(H,20,24). The maximum Gasteiger partial charge on any atom is 0.325 e. The number of nitrogens with one attached hydrogen (secondary N) is 2. The SMILES string of the molecule is O=C1NC2(CCNCC2)C(=O)N1Cc1cccc(-n2cccn2)c1. The fourth-order valence-electron chi connectivity index (χ4n) is 3.41. The van der Waals surface area contributed by atoms with Crippen LogP contribution in [0.25, 0.3) is 5.69 Å². The van der Waals surface area contributed by atoms with Gasteiger partial charge in [-0.15, -0.1) is 0 Å². The van der Waals surface area contributed by atoms with Crippen molar-refractivity contribution in [3.05, 3.63) is 48.3 Å². The quantitative estimate of drug-likeness (QED) is 0.827. The fourth-order valence-corrected chi connectivity index (χ4v) is 3.41. The molecular formula is C17H19N5O2. The predicted octanol–water partition coefficient (Wildman–Crippen LogP) is 1.05. The Hall–Kier alpha value is -2.67. The van der Waals surface area contributed by atoms with E-state index in [9.17, 15) is 9.59 Å². The van der Waals surface area contributed by atoms with E-state index in [4.69, 9.17) is 0 Å². The minimum atomic E-state index is -0.720. The van der Waals surface area contributed by atoms with Crippen LogP contribution in [0.4, 0.5) is 4.79 Å². The van der Waals surface area contributed by atoms with E-state index in [2.05, 4.69) is 15.7 Å². The Labute approximate surface area is 139 Å². The van der Waals surface area contributed by atoms with E-state index in [1.54, 1.807) is 10.9 Å². The first kappa shape index (κ1) is 14.9. The lowest BCUT2D eigenvalue weighted by atomic mass is 9.88. The molecule has 2 saturated heterocycles. The highest BCUT2D eigenvalue weighted by Crippen LogP contribution is 2.28. The van der Waals surface area contributed by atoms with Gasteiger partial charge in [0.05, 0.1) is 12.2 Å². The van der Waals surface area contributed by atoms with E-state index in [0.29, 0.717) is 12.8 Å². The van der Waals surface area contributed by atoms with Crippen molar-refractivity contribution in [2.75, 3.05) is 13.1 Å². The van der Waals surface area contributed by atoms with E-state index >= 15 is 0 Å². The van der Waals surface area contributed by atoms with Gasteiger partial charge in [0, 0.05) is 12.4 Å². The lowest BCUT2D eigenvalue weighted by Crippen LogP contribution is -2.53. The largest absolute Gasteiger partial charge is 0.325 e. The second kappa shape index (κ2) is 5.76. The van der Waals surface area contributed by atoms with Gasteiger partial charge in [0.1, 0.15) is 5.54 Å². The molecule has 3 heterocycles. The summed E-state index contributed by atoms with van der Waals surface area (Å²) in [7, 11) is 0. The minimum Gasteiger partial charge on any atom is -0.323 e. The third kappa shape index (κ3) is 2.46. The molecule has 0 aliphatic carbocycles. The lowest BCUT2D eigenvalue weighted by Gasteiger charge is -2.31. The molecular weight excluding hydrogens is 306 g/mol. The summed E-state index contributed by atoms with van der Waals surface area (Å²) in [5.41, 5.74) is 1.08. The average molecular weight is 325 g/mol. The molecule has 2 fully saturated rings. The Morgan fingerprint density at radius 1 is 1.17 bits per heavy atom. The number of carbonyl (C=O) groups is 2. The van der Waals surface area contributed by atoms with Crippen LogP contribution >= 0.6 is 0 Å². The first-order valence-electron chi connectivity index (χ1n) is 8.12. The fraction of sp³-hybridized carbons (Fsp3) is 0.353. The highest BCUT2D eigenvalue weighted by molar-refractivity contribution is 6.07. The van der Waals surface area contributed by atoms with Gasteiger partial charge in [0.25, 0.3) is 5.91 Å². The van der Waals surface area contributed by atoms with Crippen LogP contribution in [-0.4, -0.2) is 45.2 Å². The van der Waals surface area contributed by atoms with E-state index in [0.717, 1.165) is 24.3 Å². The Bertz CT molecular complexity index is 765. The van der Waals surface area contributed by atoms with Crippen molar-refractivity contribution in [2.45, 2.75) is 24.9 Å². The number of aromatic nitrogens is 2. The van der Waals surface area contributed by atoms with Gasteiger partial charge in [-0.25, -0.2) is 9.48 Å². The zero-order valence-electron chi connectivity index (χ0n) is 13.2. The van der Waals surface area contributed by atoms with Crippen LogP contribution in [0.1, 0.15) is 18.4 Å². The molecule has 2 aromatic rings. The number of piperidine rings is 1. The molecule has 0 atom stereocenters. The van der Waals surface area contributed by atoms with E-state index < -0.39 is 5.54 Å². The van der Waals surface area contributed by atoms with Crippen molar-refractivity contribution in [3.63, 3.8) is 0 Å². The highest BCUT2D eigenvalue weighted by Gasteiger charge is 2.51. The number of benzene rings is 1. The molecule has 1 aromatic heterocycles. The van der Waals surface area contributed by atoms with E-state index in [1.165, 1.54) is 4.90 Å². The Balaban J connectivity index is 1.56. The summed E-state index contributed by atoms with van der Waals surface area (Å²) in [5.74, 6) is -0.113. The maximum atomic E-state index is 12.8. The van der Waals surface area contributed by atoms with Gasteiger partial charge in [0.2, 0.25) is 0 Å². The highest BCUT2D eigenvalue weighted by atomic mass is 16.2. The summed E-state index contributed by atoms with van der Waals surface area (Å²) in [4.78, 5) is 26.5. The Kier molecular flexibility index (Phi) is 3.57. The number of rotatable bonds is 3. The number of hydrogen-bond donors (Lipinski definition) is 2. The molecule has 1 aromatic carbocycles. The van der Waals surface area contributed by atoms with Gasteiger partial charge in [-0.2, -0.15) is 5.10 Å². The molecule has 0 saturated carbocycles. The van der Waals surface area contributed by atoms with Crippen molar-refractivity contribution in [3.8, 4) is 5.69 Å². The van der Waals surface area contributed by atoms with Crippen molar-refractivity contribution >= 4 is 11.9 Å². The molecule has 1 spiro atoms. The normalized spacial score (nSPS) is 19.8. The molecule has 2 N–H and O–H groups in total. The van der Waals surface area contributed by atoms with Crippen LogP contribution in [0.5, 0.6) is 0 Å². The average Bonchev–Trinajstić information content (AvgIpc) is 3.20. The van der Waals surface area contributed by atoms with Gasteiger partial charge in [-0.1, -0.05) is 12.1 Å². The second-order valence-corrected chi connectivity index (χ2v) is 6.27. The summed E-state index contributed by atoms with van der Waals surface area (Å²) in [6, 6.07) is 9.26. The van der Waals surface area contributed by atoms with Crippen LogP contribution in [0.2, 0.25) is 0 Å². The molecule has 4 rings (SSSR count). The molecule has 3 amide bonds. The van der Waals surface area contributed by atoms with Crippen molar-refractivity contribution in [1.29, 1.82) is 0 Å². The van der Waals surface area contributed by atoms with Crippen molar-refractivity contribution in [1.82, 2.24) is 25.3 Å². The summed E-state index contributed by atoms with van der Waals surface area (Å²) in [6.45, 7) is 1.76. The zero-order chi connectivity index (χ0) is 16.6. The summed E-state index contributed by atoms with van der Waals surface area (Å²) in [6.07, 6.45) is 4.85. The van der Waals surface area contributed by atoms with Crippen LogP contribution in [0, 0.1) is 0 Å². The third-order valence-corrected chi connectivity index (χ3v) is 4.72. The van der Waals surface area contributed by atoms with Crippen LogP contribution in [0.3, 0.4) is 0 Å². The van der Waals surface area contributed by atoms with Crippen molar-refractivity contribution < 1.29 is 9.59 Å². The number of imide groups is 1. The molecule has 2 aliphatic rings. The van der Waals surface area contributed by atoms with E-state index in [-0.39, 0.29) is 18.5 Å². The van der Waals surface area contributed by atoms with Gasteiger partial charge in [-0.05, 0) is 49.7 Å². The second-order valence-electron chi connectivity index (χ2n) is 6.27. The first-order chi connectivity index (χ1) is 11.7. The number of hydrogen-bond acceptors (Lipinski definition) is 4. The maximum absolute atomic E-state index is 12.8. The predicted molar refractivity (Wildman–Crippen MR) is 87.5 cm³/mol. The van der Waals surface area contributed by atoms with Gasteiger partial charge < -0.3 is 10.6 Å². The zero-order valence-corrected chi connectivity index (χ0v) is 13.2. The molecule has 0 bridgehead atoms. The van der Waals surface area contributed by atoms with Crippen LogP contribution in [0.15, 0.2) is 42.7 Å². The smallest absolute Gasteiger partial charge is 0.323 e.